The summed E-state index contributed by atoms with van der Waals surface area (Å²) in [4.78, 5) is 16.5. The number of hydrogen-bond acceptors (Lipinski definition) is 1. The summed E-state index contributed by atoms with van der Waals surface area (Å²) in [6.07, 6.45) is 6.86. The molecule has 1 N–H and O–H groups in total. The van der Waals surface area contributed by atoms with Crippen molar-refractivity contribution < 1.29 is 9.69 Å². The van der Waals surface area contributed by atoms with E-state index < -0.39 is 0 Å². The minimum absolute atomic E-state index is 0.271. The zero-order valence-electron chi connectivity index (χ0n) is 15.8. The summed E-state index contributed by atoms with van der Waals surface area (Å²) in [5, 5.41) is 0. The van der Waals surface area contributed by atoms with Gasteiger partial charge < -0.3 is 9.80 Å². The summed E-state index contributed by atoms with van der Waals surface area (Å²) in [5.41, 5.74) is 2.71. The van der Waals surface area contributed by atoms with Crippen LogP contribution >= 0.6 is 0 Å². The van der Waals surface area contributed by atoms with Gasteiger partial charge in [0.1, 0.15) is 0 Å². The smallest absolute Gasteiger partial charge is 0.226 e. The quantitative estimate of drug-likeness (QED) is 0.895. The lowest BCUT2D eigenvalue weighted by atomic mass is 9.92. The van der Waals surface area contributed by atoms with Gasteiger partial charge in [-0.3, -0.25) is 4.79 Å². The molecule has 3 nitrogen and oxygen atoms in total. The Bertz CT molecular complexity index is 587. The number of piperidine rings is 2. The molecule has 0 unspecified atom stereocenters. The molecule has 136 valence electrons. The molecule has 1 amide bonds. The lowest BCUT2D eigenvalue weighted by Gasteiger charge is -2.36. The van der Waals surface area contributed by atoms with E-state index in [9.17, 15) is 4.79 Å². The minimum atomic E-state index is 0.271. The van der Waals surface area contributed by atoms with Crippen molar-refractivity contribution in [1.29, 1.82) is 0 Å². The van der Waals surface area contributed by atoms with Gasteiger partial charge in [-0.05, 0) is 36.8 Å². The number of quaternary nitrogens is 1. The summed E-state index contributed by atoms with van der Waals surface area (Å²) in [6.45, 7) is 9.80. The van der Waals surface area contributed by atoms with E-state index in [0.717, 1.165) is 45.6 Å². The summed E-state index contributed by atoms with van der Waals surface area (Å²) in [5.74, 6) is 1.38. The fourth-order valence-electron chi connectivity index (χ4n) is 4.38. The van der Waals surface area contributed by atoms with Gasteiger partial charge in [-0.15, -0.1) is 0 Å². The maximum atomic E-state index is 12.8. The number of rotatable bonds is 4. The molecule has 1 atom stereocenters. The standard InChI is InChI=1S/C22H32N2O/c1-18-7-6-12-24(17-18)22(25)21-10-13-23(14-11-21)16-19(2)15-20-8-4-3-5-9-20/h3-5,8-9,15,18,21H,6-7,10-14,16-17H2,1-2H3/p+1/b19-15+/t18-/m1/s1. The maximum absolute atomic E-state index is 12.8. The van der Waals surface area contributed by atoms with Gasteiger partial charge in [-0.25, -0.2) is 0 Å². The van der Waals surface area contributed by atoms with Crippen LogP contribution in [-0.4, -0.2) is 43.5 Å². The molecule has 0 aromatic heterocycles. The molecule has 2 saturated heterocycles. The van der Waals surface area contributed by atoms with Crippen LogP contribution in [0.1, 0.15) is 45.1 Å². The van der Waals surface area contributed by atoms with Crippen molar-refractivity contribution in [3.8, 4) is 0 Å². The first-order valence-electron chi connectivity index (χ1n) is 9.96. The number of carbonyl (C=O) groups is 1. The van der Waals surface area contributed by atoms with Gasteiger partial charge in [-0.2, -0.15) is 0 Å². The van der Waals surface area contributed by atoms with Gasteiger partial charge in [0, 0.05) is 31.8 Å². The number of likely N-dealkylation sites (tertiary alicyclic amines) is 2. The van der Waals surface area contributed by atoms with Crippen LogP contribution in [0.15, 0.2) is 35.9 Å². The number of nitrogens with zero attached hydrogens (tertiary/aromatic N) is 1. The summed E-state index contributed by atoms with van der Waals surface area (Å²) in [7, 11) is 0. The van der Waals surface area contributed by atoms with Crippen molar-refractivity contribution in [1.82, 2.24) is 4.90 Å². The molecule has 0 bridgehead atoms. The monoisotopic (exact) mass is 341 g/mol. The van der Waals surface area contributed by atoms with Gasteiger partial charge in [0.2, 0.25) is 5.91 Å². The van der Waals surface area contributed by atoms with E-state index >= 15 is 0 Å². The van der Waals surface area contributed by atoms with Crippen LogP contribution in [0.4, 0.5) is 0 Å². The lowest BCUT2D eigenvalue weighted by molar-refractivity contribution is -0.901. The molecular formula is C22H33N2O+. The highest BCUT2D eigenvalue weighted by Gasteiger charge is 2.32. The highest BCUT2D eigenvalue weighted by Crippen LogP contribution is 2.20. The van der Waals surface area contributed by atoms with Crippen molar-refractivity contribution in [2.75, 3.05) is 32.7 Å². The van der Waals surface area contributed by atoms with Crippen LogP contribution in [0.2, 0.25) is 0 Å². The molecule has 2 aliphatic heterocycles. The molecule has 0 radical (unpaired) electrons. The molecule has 3 rings (SSSR count). The Labute approximate surface area is 152 Å². The third kappa shape index (κ3) is 5.18. The van der Waals surface area contributed by atoms with E-state index in [1.54, 1.807) is 4.90 Å². The molecule has 1 aromatic carbocycles. The molecule has 2 fully saturated rings. The van der Waals surface area contributed by atoms with Gasteiger partial charge in [0.05, 0.1) is 19.6 Å². The number of benzene rings is 1. The van der Waals surface area contributed by atoms with Crippen molar-refractivity contribution in [2.45, 2.75) is 39.5 Å². The first-order valence-corrected chi connectivity index (χ1v) is 9.96. The highest BCUT2D eigenvalue weighted by atomic mass is 16.2. The van der Waals surface area contributed by atoms with Crippen LogP contribution in [0.3, 0.4) is 0 Å². The van der Waals surface area contributed by atoms with Crippen LogP contribution < -0.4 is 4.90 Å². The number of hydrogen-bond donors (Lipinski definition) is 1. The lowest BCUT2D eigenvalue weighted by Crippen LogP contribution is -3.13. The van der Waals surface area contributed by atoms with Crippen molar-refractivity contribution in [2.24, 2.45) is 11.8 Å². The van der Waals surface area contributed by atoms with E-state index in [1.165, 1.54) is 24.0 Å². The summed E-state index contributed by atoms with van der Waals surface area (Å²) >= 11 is 0. The topological polar surface area (TPSA) is 24.8 Å². The Hall–Kier alpha value is -1.61. The predicted octanol–water partition coefficient (Wildman–Crippen LogP) is 2.64. The van der Waals surface area contributed by atoms with Gasteiger partial charge in [-0.1, -0.05) is 43.3 Å². The van der Waals surface area contributed by atoms with Crippen molar-refractivity contribution >= 4 is 12.0 Å². The summed E-state index contributed by atoms with van der Waals surface area (Å²) < 4.78 is 0. The molecule has 0 spiro atoms. The fourth-order valence-corrected chi connectivity index (χ4v) is 4.38. The zero-order valence-corrected chi connectivity index (χ0v) is 15.8. The van der Waals surface area contributed by atoms with Gasteiger partial charge in [0.25, 0.3) is 0 Å². The van der Waals surface area contributed by atoms with Crippen LogP contribution in [0, 0.1) is 11.8 Å². The Kier molecular flexibility index (Phi) is 6.30. The SMILES string of the molecule is C/C(=C\c1ccccc1)C[NH+]1CCC(C(=O)N2CCC[C@@H](C)C2)CC1. The zero-order chi connectivity index (χ0) is 17.6. The molecule has 2 aliphatic rings. The van der Waals surface area contributed by atoms with E-state index in [4.69, 9.17) is 0 Å². The minimum Gasteiger partial charge on any atom is -0.342 e. The van der Waals surface area contributed by atoms with E-state index in [0.29, 0.717) is 11.8 Å². The Morgan fingerprint density at radius 2 is 1.92 bits per heavy atom. The Morgan fingerprint density at radius 1 is 1.20 bits per heavy atom. The van der Waals surface area contributed by atoms with Crippen LogP contribution in [-0.2, 0) is 4.79 Å². The molecule has 25 heavy (non-hydrogen) atoms. The second-order valence-corrected chi connectivity index (χ2v) is 8.13. The van der Waals surface area contributed by atoms with E-state index in [1.807, 2.05) is 0 Å². The predicted molar refractivity (Wildman–Crippen MR) is 103 cm³/mol. The maximum Gasteiger partial charge on any atom is 0.226 e. The second-order valence-electron chi connectivity index (χ2n) is 8.13. The van der Waals surface area contributed by atoms with Gasteiger partial charge >= 0.3 is 0 Å². The summed E-state index contributed by atoms with van der Waals surface area (Å²) in [6, 6.07) is 10.5. The van der Waals surface area contributed by atoms with Crippen molar-refractivity contribution in [3.63, 3.8) is 0 Å². The van der Waals surface area contributed by atoms with Crippen LogP contribution in [0.25, 0.3) is 6.08 Å². The average molecular weight is 342 g/mol. The molecular weight excluding hydrogens is 308 g/mol. The highest BCUT2D eigenvalue weighted by molar-refractivity contribution is 5.79. The second kappa shape index (κ2) is 8.66. The molecule has 0 saturated carbocycles. The van der Waals surface area contributed by atoms with E-state index in [-0.39, 0.29) is 5.92 Å². The van der Waals surface area contributed by atoms with Crippen LogP contribution in [0.5, 0.6) is 0 Å². The van der Waals surface area contributed by atoms with E-state index in [2.05, 4.69) is 55.2 Å². The molecule has 2 heterocycles. The van der Waals surface area contributed by atoms with Gasteiger partial charge in [0.15, 0.2) is 0 Å². The average Bonchev–Trinajstić information content (AvgIpc) is 2.62. The first-order chi connectivity index (χ1) is 12.1. The Balaban J connectivity index is 1.47. The third-order valence-electron chi connectivity index (χ3n) is 5.75. The first kappa shape index (κ1) is 18.2. The number of amides is 1. The molecule has 3 heteroatoms. The number of carbonyl (C=O) groups excluding carboxylic acids is 1. The number of nitrogens with one attached hydrogen (secondary N) is 1. The third-order valence-corrected chi connectivity index (χ3v) is 5.75. The molecule has 1 aromatic rings. The van der Waals surface area contributed by atoms with Crippen molar-refractivity contribution in [3.05, 3.63) is 41.5 Å². The largest absolute Gasteiger partial charge is 0.342 e. The molecule has 0 aliphatic carbocycles. The Morgan fingerprint density at radius 3 is 2.60 bits per heavy atom. The normalized spacial score (nSPS) is 28.0. The fraction of sp³-hybridized carbons (Fsp3) is 0.591.